The number of nitro groups is 2. The van der Waals surface area contributed by atoms with E-state index < -0.39 is 28.1 Å². The molecule has 0 spiro atoms. The van der Waals surface area contributed by atoms with Gasteiger partial charge in [-0.3, -0.25) is 39.6 Å². The van der Waals surface area contributed by atoms with Crippen LogP contribution < -0.4 is 0 Å². The highest BCUT2D eigenvalue weighted by molar-refractivity contribution is 8.14. The maximum Gasteiger partial charge on any atom is 0.508 e. The molecule has 0 radical (unpaired) electrons. The average molecular weight is 674 g/mol. The van der Waals surface area contributed by atoms with Gasteiger partial charge in [0.05, 0.1) is 9.85 Å². The van der Waals surface area contributed by atoms with Crippen LogP contribution in [0.15, 0.2) is 48.5 Å². The van der Waals surface area contributed by atoms with E-state index in [1.165, 1.54) is 60.4 Å². The molecule has 0 bridgehead atoms. The number of hydrogen-bond acceptors (Lipinski definition) is 13. The smallest absolute Gasteiger partial charge is 0.445 e. The van der Waals surface area contributed by atoms with Crippen molar-refractivity contribution in [3.8, 4) is 0 Å². The lowest BCUT2D eigenvalue weighted by atomic mass is 10.2. The topological polar surface area (TPSA) is 192 Å². The number of non-ortho nitro benzene ring substituents is 2. The molecule has 2 amide bonds. The number of carbonyl (C=O) groups excluding carboxylic acids is 4. The molecule has 0 N–H and O–H groups in total. The zero-order valence-corrected chi connectivity index (χ0v) is 26.5. The summed E-state index contributed by atoms with van der Waals surface area (Å²) in [5, 5.41) is 21.3. The Morgan fingerprint density at radius 1 is 0.830 bits per heavy atom. The quantitative estimate of drug-likeness (QED) is 0.190. The van der Waals surface area contributed by atoms with Gasteiger partial charge in [-0.1, -0.05) is 11.8 Å². The molecule has 2 atom stereocenters. The highest BCUT2D eigenvalue weighted by Crippen LogP contribution is 2.30. The van der Waals surface area contributed by atoms with E-state index in [1.807, 2.05) is 0 Å². The largest absolute Gasteiger partial charge is 0.508 e. The second-order valence-electron chi connectivity index (χ2n) is 10.9. The SMILES string of the molecule is CC(=O)S[C@H]1C[C@@H](C(=O)N2CCCN(CCOC(=O)OCc3ccc([N+](=O)[O-])cc3)CC2)N(C(=O)OCc2ccc([N+](=O)[O-])cc2)C1. The molecule has 0 saturated carbocycles. The molecule has 2 fully saturated rings. The average Bonchev–Trinajstić information content (AvgIpc) is 3.32. The summed E-state index contributed by atoms with van der Waals surface area (Å²) in [6.45, 7) is 3.85. The van der Waals surface area contributed by atoms with Crippen LogP contribution in [0.3, 0.4) is 0 Å². The number of carbonyl (C=O) groups is 4. The number of amides is 2. The lowest BCUT2D eigenvalue weighted by molar-refractivity contribution is -0.385. The number of likely N-dealkylation sites (tertiary alicyclic amines) is 1. The summed E-state index contributed by atoms with van der Waals surface area (Å²) < 4.78 is 15.7. The predicted octanol–water partition coefficient (Wildman–Crippen LogP) is 3.75. The van der Waals surface area contributed by atoms with Gasteiger partial charge in [-0.05, 0) is 48.2 Å². The minimum atomic E-state index is -0.866. The van der Waals surface area contributed by atoms with Gasteiger partial charge in [0.2, 0.25) is 5.91 Å². The molecular formula is C30H35N5O11S. The first-order valence-electron chi connectivity index (χ1n) is 14.9. The molecule has 2 aromatic rings. The van der Waals surface area contributed by atoms with Gasteiger partial charge in [0, 0.05) is 75.7 Å². The summed E-state index contributed by atoms with van der Waals surface area (Å²) >= 11 is 1.08. The van der Waals surface area contributed by atoms with Crippen LogP contribution in [-0.2, 0) is 37.0 Å². The summed E-state index contributed by atoms with van der Waals surface area (Å²) in [7, 11) is 0. The maximum atomic E-state index is 13.7. The molecule has 252 valence electrons. The Bertz CT molecular complexity index is 1460. The number of benzene rings is 2. The second kappa shape index (κ2) is 16.7. The Kier molecular flexibility index (Phi) is 12.5. The lowest BCUT2D eigenvalue weighted by Crippen LogP contribution is -2.49. The van der Waals surface area contributed by atoms with E-state index in [1.54, 1.807) is 4.90 Å². The molecule has 2 aliphatic heterocycles. The van der Waals surface area contributed by atoms with Gasteiger partial charge >= 0.3 is 12.2 Å². The van der Waals surface area contributed by atoms with Gasteiger partial charge in [0.1, 0.15) is 25.9 Å². The number of nitro benzene ring substituents is 2. The zero-order chi connectivity index (χ0) is 33.9. The third-order valence-electron chi connectivity index (χ3n) is 7.66. The first-order valence-corrected chi connectivity index (χ1v) is 15.8. The number of rotatable bonds is 11. The Balaban J connectivity index is 1.24. The van der Waals surface area contributed by atoms with Crippen LogP contribution in [0.25, 0.3) is 0 Å². The van der Waals surface area contributed by atoms with Crippen LogP contribution >= 0.6 is 11.8 Å². The minimum Gasteiger partial charge on any atom is -0.445 e. The number of ether oxygens (including phenoxy) is 3. The van der Waals surface area contributed by atoms with Crippen LogP contribution in [0, 0.1) is 20.2 Å². The van der Waals surface area contributed by atoms with Crippen molar-refractivity contribution in [2.24, 2.45) is 0 Å². The first-order chi connectivity index (χ1) is 22.5. The van der Waals surface area contributed by atoms with Crippen molar-refractivity contribution < 1.29 is 43.2 Å². The van der Waals surface area contributed by atoms with Crippen molar-refractivity contribution in [1.82, 2.24) is 14.7 Å². The van der Waals surface area contributed by atoms with E-state index in [-0.39, 0.29) is 54.0 Å². The van der Waals surface area contributed by atoms with Crippen molar-refractivity contribution >= 4 is 46.4 Å². The monoisotopic (exact) mass is 673 g/mol. The minimum absolute atomic E-state index is 0.0635. The standard InChI is InChI=1S/C30H35N5O11S/c1-21(36)47-26-17-27(33(18-26)29(38)45-19-22-3-7-24(8-4-22)34(40)41)28(37)32-12-2-11-31(13-14-32)15-16-44-30(39)46-20-23-5-9-25(10-6-23)35(42)43/h3-10,26-27H,2,11-20H2,1H3/t26-,27-/m0/s1. The molecule has 16 nitrogen and oxygen atoms in total. The molecule has 0 aliphatic carbocycles. The third kappa shape index (κ3) is 10.4. The molecule has 2 heterocycles. The van der Waals surface area contributed by atoms with E-state index in [4.69, 9.17) is 14.2 Å². The molecular weight excluding hydrogens is 638 g/mol. The van der Waals surface area contributed by atoms with E-state index in [2.05, 4.69) is 4.90 Å². The Morgan fingerprint density at radius 2 is 1.43 bits per heavy atom. The van der Waals surface area contributed by atoms with E-state index >= 15 is 0 Å². The predicted molar refractivity (Wildman–Crippen MR) is 167 cm³/mol. The van der Waals surface area contributed by atoms with Crippen LogP contribution in [0.1, 0.15) is 30.9 Å². The van der Waals surface area contributed by atoms with Crippen molar-refractivity contribution in [3.05, 3.63) is 79.9 Å². The molecule has 4 rings (SSSR count). The Hall–Kier alpha value is -4.77. The van der Waals surface area contributed by atoms with Crippen molar-refractivity contribution in [2.75, 3.05) is 45.9 Å². The molecule has 2 saturated heterocycles. The molecule has 0 unspecified atom stereocenters. The summed E-state index contributed by atoms with van der Waals surface area (Å²) in [6.07, 6.45) is -0.623. The highest BCUT2D eigenvalue weighted by atomic mass is 32.2. The van der Waals surface area contributed by atoms with Gasteiger partial charge in [-0.2, -0.15) is 0 Å². The summed E-state index contributed by atoms with van der Waals surface area (Å²) in [5.74, 6) is -0.239. The molecule has 47 heavy (non-hydrogen) atoms. The molecule has 2 aromatic carbocycles. The van der Waals surface area contributed by atoms with Crippen LogP contribution in [0.5, 0.6) is 0 Å². The molecule has 17 heteroatoms. The lowest BCUT2D eigenvalue weighted by Gasteiger charge is -2.29. The van der Waals surface area contributed by atoms with Gasteiger partial charge in [0.15, 0.2) is 5.12 Å². The second-order valence-corrected chi connectivity index (χ2v) is 12.4. The highest BCUT2D eigenvalue weighted by Gasteiger charge is 2.43. The summed E-state index contributed by atoms with van der Waals surface area (Å²) in [4.78, 5) is 76.4. The molecule has 2 aliphatic rings. The third-order valence-corrected chi connectivity index (χ3v) is 8.66. The Morgan fingerprint density at radius 3 is 2.00 bits per heavy atom. The van der Waals surface area contributed by atoms with Gasteiger partial charge < -0.3 is 19.1 Å². The number of nitrogens with zero attached hydrogens (tertiary/aromatic N) is 5. The fraction of sp³-hybridized carbons (Fsp3) is 0.467. The summed E-state index contributed by atoms with van der Waals surface area (Å²) in [6, 6.07) is 10.4. The van der Waals surface area contributed by atoms with Crippen LogP contribution in [0.4, 0.5) is 21.0 Å². The van der Waals surface area contributed by atoms with Crippen molar-refractivity contribution in [1.29, 1.82) is 0 Å². The Labute approximate surface area is 274 Å². The summed E-state index contributed by atoms with van der Waals surface area (Å²) in [5.41, 5.74) is 0.979. The van der Waals surface area contributed by atoms with E-state index in [9.17, 15) is 39.4 Å². The molecule has 0 aromatic heterocycles. The van der Waals surface area contributed by atoms with Crippen LogP contribution in [-0.4, -0.2) is 105 Å². The first kappa shape index (κ1) is 35.1. The fourth-order valence-electron chi connectivity index (χ4n) is 5.28. The zero-order valence-electron chi connectivity index (χ0n) is 25.7. The van der Waals surface area contributed by atoms with Gasteiger partial charge in [-0.15, -0.1) is 0 Å². The van der Waals surface area contributed by atoms with E-state index in [0.717, 1.165) is 11.8 Å². The van der Waals surface area contributed by atoms with Crippen molar-refractivity contribution in [3.63, 3.8) is 0 Å². The maximum absolute atomic E-state index is 13.7. The van der Waals surface area contributed by atoms with Gasteiger partial charge in [0.25, 0.3) is 11.4 Å². The van der Waals surface area contributed by atoms with Crippen molar-refractivity contribution in [2.45, 2.75) is 44.3 Å². The van der Waals surface area contributed by atoms with Crippen LogP contribution in [0.2, 0.25) is 0 Å². The van der Waals surface area contributed by atoms with Gasteiger partial charge in [-0.25, -0.2) is 9.59 Å². The van der Waals surface area contributed by atoms with E-state index in [0.29, 0.717) is 56.7 Å². The number of thioether (sulfide) groups is 1. The number of hydrogen-bond donors (Lipinski definition) is 0. The fourth-order valence-corrected chi connectivity index (χ4v) is 6.26. The normalized spacial score (nSPS) is 18.2.